The van der Waals surface area contributed by atoms with E-state index in [1.807, 2.05) is 60.7 Å². The van der Waals surface area contributed by atoms with Crippen LogP contribution >= 0.6 is 15.9 Å². The van der Waals surface area contributed by atoms with Crippen molar-refractivity contribution in [1.82, 2.24) is 5.43 Å². The van der Waals surface area contributed by atoms with Gasteiger partial charge in [0.05, 0.1) is 24.9 Å². The largest absolute Gasteiger partial charge is 0.496 e. The summed E-state index contributed by atoms with van der Waals surface area (Å²) in [5.74, 6) is -1.07. The van der Waals surface area contributed by atoms with Crippen molar-refractivity contribution in [3.05, 3.63) is 94.5 Å². The van der Waals surface area contributed by atoms with Crippen LogP contribution in [0.2, 0.25) is 0 Å². The van der Waals surface area contributed by atoms with Crippen molar-refractivity contribution >= 4 is 33.3 Å². The van der Waals surface area contributed by atoms with Crippen molar-refractivity contribution in [2.24, 2.45) is 0 Å². The average molecular weight is 439 g/mol. The SMILES string of the molecule is COc1ccc(Br)cc1C(=O)C(=O)NN(Cc1ccccc1)c1ccccc1. The number of carbonyl (C=O) groups is 2. The number of ketones is 1. The summed E-state index contributed by atoms with van der Waals surface area (Å²) in [6.45, 7) is 0.416. The van der Waals surface area contributed by atoms with Gasteiger partial charge in [0.25, 0.3) is 5.78 Å². The van der Waals surface area contributed by atoms with Crippen molar-refractivity contribution in [2.75, 3.05) is 12.1 Å². The number of nitrogens with one attached hydrogen (secondary N) is 1. The molecule has 0 saturated carbocycles. The molecular formula is C22H19BrN2O3. The fourth-order valence-corrected chi connectivity index (χ4v) is 3.08. The Labute approximate surface area is 172 Å². The first-order valence-electron chi connectivity index (χ1n) is 8.64. The first kappa shape index (κ1) is 19.6. The number of methoxy groups -OCH3 is 1. The summed E-state index contributed by atoms with van der Waals surface area (Å²) in [6, 6.07) is 24.0. The van der Waals surface area contributed by atoms with Crippen LogP contribution in [0, 0.1) is 0 Å². The average Bonchev–Trinajstić information content (AvgIpc) is 2.74. The van der Waals surface area contributed by atoms with Gasteiger partial charge in [-0.15, -0.1) is 0 Å². The first-order valence-corrected chi connectivity index (χ1v) is 9.43. The third-order valence-corrected chi connectivity index (χ3v) is 4.59. The Balaban J connectivity index is 1.85. The zero-order valence-electron chi connectivity index (χ0n) is 15.3. The van der Waals surface area contributed by atoms with Crippen molar-refractivity contribution in [3.63, 3.8) is 0 Å². The number of hydrazine groups is 1. The molecule has 0 fully saturated rings. The van der Waals surface area contributed by atoms with E-state index >= 15 is 0 Å². The Morgan fingerprint density at radius 2 is 1.61 bits per heavy atom. The second-order valence-electron chi connectivity index (χ2n) is 6.02. The van der Waals surface area contributed by atoms with Crippen molar-refractivity contribution in [2.45, 2.75) is 6.54 Å². The number of rotatable bonds is 7. The molecule has 3 rings (SSSR count). The van der Waals surface area contributed by atoms with E-state index in [1.165, 1.54) is 7.11 Å². The van der Waals surface area contributed by atoms with Crippen LogP contribution in [-0.4, -0.2) is 18.8 Å². The van der Waals surface area contributed by atoms with Crippen LogP contribution in [0.25, 0.3) is 0 Å². The second kappa shape index (κ2) is 9.19. The van der Waals surface area contributed by atoms with Gasteiger partial charge < -0.3 is 4.74 Å². The molecular weight excluding hydrogens is 420 g/mol. The molecule has 1 N–H and O–H groups in total. The first-order chi connectivity index (χ1) is 13.6. The number of amides is 1. The van der Waals surface area contributed by atoms with E-state index in [0.717, 1.165) is 11.3 Å². The van der Waals surface area contributed by atoms with Crippen LogP contribution in [0.3, 0.4) is 0 Å². The van der Waals surface area contributed by atoms with Gasteiger partial charge >= 0.3 is 5.91 Å². The number of hydrogen-bond donors (Lipinski definition) is 1. The van der Waals surface area contributed by atoms with Gasteiger partial charge in [0.2, 0.25) is 0 Å². The lowest BCUT2D eigenvalue weighted by atomic mass is 10.1. The standard InChI is InChI=1S/C22H19BrN2O3/c1-28-20-13-12-17(23)14-19(20)21(26)22(27)24-25(18-10-6-3-7-11-18)15-16-8-4-2-5-9-16/h2-14H,15H2,1H3,(H,24,27). The third-order valence-electron chi connectivity index (χ3n) is 4.10. The summed E-state index contributed by atoms with van der Waals surface area (Å²) in [4.78, 5) is 25.5. The quantitative estimate of drug-likeness (QED) is 0.337. The molecule has 5 nitrogen and oxygen atoms in total. The minimum atomic E-state index is -0.740. The summed E-state index contributed by atoms with van der Waals surface area (Å²) in [7, 11) is 1.46. The molecule has 3 aromatic rings. The second-order valence-corrected chi connectivity index (χ2v) is 6.94. The number of hydrogen-bond acceptors (Lipinski definition) is 4. The van der Waals surface area contributed by atoms with Crippen LogP contribution in [0.5, 0.6) is 5.75 Å². The fraction of sp³-hybridized carbons (Fsp3) is 0.0909. The van der Waals surface area contributed by atoms with Gasteiger partial charge in [0.15, 0.2) is 0 Å². The van der Waals surface area contributed by atoms with Crippen molar-refractivity contribution < 1.29 is 14.3 Å². The fourth-order valence-electron chi connectivity index (χ4n) is 2.72. The highest BCUT2D eigenvalue weighted by Crippen LogP contribution is 2.24. The molecule has 0 saturated heterocycles. The zero-order chi connectivity index (χ0) is 19.9. The van der Waals surface area contributed by atoms with E-state index in [1.54, 1.807) is 23.2 Å². The Kier molecular flexibility index (Phi) is 6.45. The minimum absolute atomic E-state index is 0.196. The highest BCUT2D eigenvalue weighted by Gasteiger charge is 2.23. The molecule has 6 heteroatoms. The lowest BCUT2D eigenvalue weighted by Crippen LogP contribution is -2.45. The smallest absolute Gasteiger partial charge is 0.311 e. The summed E-state index contributed by atoms with van der Waals surface area (Å²) in [5.41, 5.74) is 4.69. The van der Waals surface area contributed by atoms with Gasteiger partial charge in [0.1, 0.15) is 5.75 Å². The maximum absolute atomic E-state index is 12.8. The highest BCUT2D eigenvalue weighted by atomic mass is 79.9. The Bertz CT molecular complexity index is 962. The van der Waals surface area contributed by atoms with Gasteiger partial charge in [-0.25, -0.2) is 0 Å². The molecule has 0 spiro atoms. The monoisotopic (exact) mass is 438 g/mol. The topological polar surface area (TPSA) is 58.6 Å². The van der Waals surface area contributed by atoms with Crippen LogP contribution in [0.15, 0.2) is 83.3 Å². The number of halogens is 1. The maximum atomic E-state index is 12.8. The number of para-hydroxylation sites is 1. The van der Waals surface area contributed by atoms with E-state index in [-0.39, 0.29) is 5.56 Å². The molecule has 1 amide bonds. The lowest BCUT2D eigenvalue weighted by Gasteiger charge is -2.25. The molecule has 0 atom stereocenters. The molecule has 0 aliphatic carbocycles. The van der Waals surface area contributed by atoms with Gasteiger partial charge in [0, 0.05) is 4.47 Å². The molecule has 142 valence electrons. The van der Waals surface area contributed by atoms with Gasteiger partial charge in [-0.3, -0.25) is 20.0 Å². The number of nitrogens with zero attached hydrogens (tertiary/aromatic N) is 1. The Hall–Kier alpha value is -3.12. The molecule has 0 aromatic heterocycles. The number of benzene rings is 3. The molecule has 0 heterocycles. The van der Waals surface area contributed by atoms with E-state index < -0.39 is 11.7 Å². The molecule has 3 aromatic carbocycles. The normalized spacial score (nSPS) is 10.2. The molecule has 0 radical (unpaired) electrons. The summed E-state index contributed by atoms with van der Waals surface area (Å²) < 4.78 is 5.91. The minimum Gasteiger partial charge on any atom is -0.496 e. The van der Waals surface area contributed by atoms with Crippen LogP contribution in [0.1, 0.15) is 15.9 Å². The van der Waals surface area contributed by atoms with Crippen LogP contribution < -0.4 is 15.2 Å². The van der Waals surface area contributed by atoms with Crippen molar-refractivity contribution in [3.8, 4) is 5.75 Å². The molecule has 0 bridgehead atoms. The Morgan fingerprint density at radius 1 is 0.964 bits per heavy atom. The molecule has 0 aliphatic heterocycles. The number of Topliss-reactive ketones (excluding diaryl/α,β-unsaturated/α-hetero) is 1. The highest BCUT2D eigenvalue weighted by molar-refractivity contribution is 9.10. The third kappa shape index (κ3) is 4.78. The van der Waals surface area contributed by atoms with E-state index in [0.29, 0.717) is 16.8 Å². The van der Waals surface area contributed by atoms with Crippen molar-refractivity contribution in [1.29, 1.82) is 0 Å². The van der Waals surface area contributed by atoms with Crippen LogP contribution in [-0.2, 0) is 11.3 Å². The number of ether oxygens (including phenoxy) is 1. The zero-order valence-corrected chi connectivity index (χ0v) is 16.8. The number of carbonyl (C=O) groups excluding carboxylic acids is 2. The van der Waals surface area contributed by atoms with E-state index in [9.17, 15) is 9.59 Å². The van der Waals surface area contributed by atoms with E-state index in [2.05, 4.69) is 21.4 Å². The Morgan fingerprint density at radius 3 is 2.25 bits per heavy atom. The molecule has 28 heavy (non-hydrogen) atoms. The predicted octanol–water partition coefficient (Wildman–Crippen LogP) is 4.38. The summed E-state index contributed by atoms with van der Waals surface area (Å²) >= 11 is 3.32. The molecule has 0 unspecified atom stereocenters. The molecule has 0 aliphatic rings. The van der Waals surface area contributed by atoms with E-state index in [4.69, 9.17) is 4.74 Å². The van der Waals surface area contributed by atoms with Gasteiger partial charge in [-0.2, -0.15) is 0 Å². The predicted molar refractivity (Wildman–Crippen MR) is 112 cm³/mol. The van der Waals surface area contributed by atoms with Crippen LogP contribution in [0.4, 0.5) is 5.69 Å². The van der Waals surface area contributed by atoms with Gasteiger partial charge in [-0.1, -0.05) is 64.5 Å². The summed E-state index contributed by atoms with van der Waals surface area (Å²) in [6.07, 6.45) is 0. The number of anilines is 1. The van der Waals surface area contributed by atoms with Gasteiger partial charge in [-0.05, 0) is 35.9 Å². The lowest BCUT2D eigenvalue weighted by molar-refractivity contribution is -0.117. The maximum Gasteiger partial charge on any atom is 0.311 e. The summed E-state index contributed by atoms with van der Waals surface area (Å²) in [5, 5.41) is 1.65.